The molecule has 0 bridgehead atoms. The van der Waals surface area contributed by atoms with Gasteiger partial charge in [-0.15, -0.1) is 0 Å². The first-order chi connectivity index (χ1) is 19.5. The van der Waals surface area contributed by atoms with Crippen molar-refractivity contribution in [1.29, 1.82) is 0 Å². The van der Waals surface area contributed by atoms with Gasteiger partial charge >= 0.3 is 5.97 Å². The van der Waals surface area contributed by atoms with E-state index >= 15 is 0 Å². The standard InChI is InChI=1S/C30H32N4O6S/c1-33(2)14-15-34(41(4,37)38)23-10-8-22(9-11-23)31-28(20-6-5-19-13-16-40-26(19)18-20)27-24-12-7-21(30(36)39-3)17-25(24)32-29(27)35/h5-12,17-18,31H,13-16H2,1-4H3,(H,32,35). The second-order valence-electron chi connectivity index (χ2n) is 10.2. The van der Waals surface area contributed by atoms with Gasteiger partial charge in [0.25, 0.3) is 5.91 Å². The molecular formula is C30H32N4O6S. The second kappa shape index (κ2) is 11.3. The summed E-state index contributed by atoms with van der Waals surface area (Å²) in [6, 6.07) is 17.8. The number of esters is 1. The average Bonchev–Trinajstić information content (AvgIpc) is 3.53. The van der Waals surface area contributed by atoms with Crippen molar-refractivity contribution in [3.8, 4) is 5.75 Å². The summed E-state index contributed by atoms with van der Waals surface area (Å²) < 4.78 is 37.0. The zero-order valence-corrected chi connectivity index (χ0v) is 24.2. The van der Waals surface area contributed by atoms with Crippen LogP contribution in [0.5, 0.6) is 5.75 Å². The molecule has 10 nitrogen and oxygen atoms in total. The molecule has 0 fully saturated rings. The number of carbonyl (C=O) groups is 2. The van der Waals surface area contributed by atoms with Crippen molar-refractivity contribution in [2.45, 2.75) is 6.42 Å². The van der Waals surface area contributed by atoms with Crippen LogP contribution in [-0.2, 0) is 26.0 Å². The van der Waals surface area contributed by atoms with E-state index < -0.39 is 16.0 Å². The number of fused-ring (bicyclic) bond motifs is 2. The molecule has 0 unspecified atom stereocenters. The Bertz CT molecular complexity index is 1650. The first-order valence-electron chi connectivity index (χ1n) is 13.1. The molecule has 0 saturated carbocycles. The quantitative estimate of drug-likeness (QED) is 0.293. The Balaban J connectivity index is 1.56. The fourth-order valence-electron chi connectivity index (χ4n) is 4.90. The summed E-state index contributed by atoms with van der Waals surface area (Å²) in [7, 11) is 1.60. The minimum Gasteiger partial charge on any atom is -0.493 e. The molecule has 0 aromatic heterocycles. The van der Waals surface area contributed by atoms with Crippen LogP contribution in [0.15, 0.2) is 60.7 Å². The number of hydrogen-bond donors (Lipinski definition) is 2. The summed E-state index contributed by atoms with van der Waals surface area (Å²) in [4.78, 5) is 27.4. The highest BCUT2D eigenvalue weighted by Crippen LogP contribution is 2.40. The van der Waals surface area contributed by atoms with E-state index in [2.05, 4.69) is 10.6 Å². The Kier molecular flexibility index (Phi) is 7.74. The Hall–Kier alpha value is -4.35. The molecule has 0 saturated heterocycles. The lowest BCUT2D eigenvalue weighted by Gasteiger charge is -2.24. The van der Waals surface area contributed by atoms with Crippen molar-refractivity contribution in [2.24, 2.45) is 0 Å². The largest absolute Gasteiger partial charge is 0.493 e. The molecule has 0 radical (unpaired) electrons. The monoisotopic (exact) mass is 576 g/mol. The molecule has 0 aliphatic carbocycles. The van der Waals surface area contributed by atoms with E-state index in [1.165, 1.54) is 17.7 Å². The first kappa shape index (κ1) is 28.2. The number of anilines is 3. The SMILES string of the molecule is COC(=O)c1ccc2c(c1)NC(=O)C2=C(Nc1ccc(N(CCN(C)C)S(C)(=O)=O)cc1)c1ccc2c(c1)OCC2. The van der Waals surface area contributed by atoms with Gasteiger partial charge < -0.3 is 25.0 Å². The molecule has 1 amide bonds. The lowest BCUT2D eigenvalue weighted by molar-refractivity contribution is -0.110. The molecule has 2 heterocycles. The van der Waals surface area contributed by atoms with Gasteiger partial charge in [-0.05, 0) is 62.1 Å². The zero-order valence-electron chi connectivity index (χ0n) is 23.4. The van der Waals surface area contributed by atoms with Crippen LogP contribution in [0, 0.1) is 0 Å². The van der Waals surface area contributed by atoms with Gasteiger partial charge in [0.2, 0.25) is 10.0 Å². The zero-order chi connectivity index (χ0) is 29.3. The van der Waals surface area contributed by atoms with E-state index in [4.69, 9.17) is 9.47 Å². The van der Waals surface area contributed by atoms with Gasteiger partial charge in [0.1, 0.15) is 5.75 Å². The summed E-state index contributed by atoms with van der Waals surface area (Å²) in [5.41, 5.74) is 5.46. The smallest absolute Gasteiger partial charge is 0.337 e. The Morgan fingerprint density at radius 3 is 2.44 bits per heavy atom. The first-order valence-corrected chi connectivity index (χ1v) is 14.9. The number of hydrogen-bond acceptors (Lipinski definition) is 8. The summed E-state index contributed by atoms with van der Waals surface area (Å²) in [6.45, 7) is 1.48. The number of ether oxygens (including phenoxy) is 2. The third-order valence-electron chi connectivity index (χ3n) is 7.00. The number of rotatable bonds is 9. The van der Waals surface area contributed by atoms with Crippen molar-refractivity contribution >= 4 is 50.2 Å². The van der Waals surface area contributed by atoms with Gasteiger partial charge in [-0.2, -0.15) is 0 Å². The molecule has 214 valence electrons. The number of nitrogens with one attached hydrogen (secondary N) is 2. The van der Waals surface area contributed by atoms with E-state index in [9.17, 15) is 18.0 Å². The van der Waals surface area contributed by atoms with Crippen molar-refractivity contribution in [2.75, 3.05) is 62.1 Å². The van der Waals surface area contributed by atoms with Crippen molar-refractivity contribution in [3.63, 3.8) is 0 Å². The number of sulfonamides is 1. The number of carbonyl (C=O) groups excluding carboxylic acids is 2. The van der Waals surface area contributed by atoms with E-state index in [0.717, 1.165) is 23.3 Å². The van der Waals surface area contributed by atoms with Gasteiger partial charge in [0.15, 0.2) is 0 Å². The summed E-state index contributed by atoms with van der Waals surface area (Å²) in [6.07, 6.45) is 2.01. The van der Waals surface area contributed by atoms with E-state index in [-0.39, 0.29) is 5.91 Å². The molecule has 41 heavy (non-hydrogen) atoms. The van der Waals surface area contributed by atoms with Crippen molar-refractivity contribution in [1.82, 2.24) is 4.90 Å². The van der Waals surface area contributed by atoms with Crippen molar-refractivity contribution < 1.29 is 27.5 Å². The van der Waals surface area contributed by atoms with Crippen LogP contribution in [0.3, 0.4) is 0 Å². The maximum atomic E-state index is 13.4. The van der Waals surface area contributed by atoms with Gasteiger partial charge in [-0.3, -0.25) is 9.10 Å². The van der Waals surface area contributed by atoms with E-state index in [0.29, 0.717) is 59.2 Å². The Morgan fingerprint density at radius 1 is 1.02 bits per heavy atom. The van der Waals surface area contributed by atoms with Crippen LogP contribution in [0.1, 0.15) is 27.0 Å². The third kappa shape index (κ3) is 5.91. The lowest BCUT2D eigenvalue weighted by Crippen LogP contribution is -2.35. The predicted octanol–water partition coefficient (Wildman–Crippen LogP) is 3.67. The number of amides is 1. The normalized spacial score (nSPS) is 15.1. The highest BCUT2D eigenvalue weighted by molar-refractivity contribution is 7.92. The fraction of sp³-hybridized carbons (Fsp3) is 0.267. The number of likely N-dealkylation sites (N-methyl/N-ethyl adjacent to an activating group) is 1. The number of nitrogens with zero attached hydrogens (tertiary/aromatic N) is 2. The van der Waals surface area contributed by atoms with Gasteiger partial charge in [0, 0.05) is 36.3 Å². The average molecular weight is 577 g/mol. The molecule has 2 aliphatic heterocycles. The Morgan fingerprint density at radius 2 is 1.76 bits per heavy atom. The number of benzene rings is 3. The van der Waals surface area contributed by atoms with Crippen LogP contribution in [-0.4, -0.2) is 72.4 Å². The molecule has 3 aromatic rings. The van der Waals surface area contributed by atoms with Crippen LogP contribution in [0.2, 0.25) is 0 Å². The van der Waals surface area contributed by atoms with Gasteiger partial charge in [-0.1, -0.05) is 18.2 Å². The molecule has 11 heteroatoms. The van der Waals surface area contributed by atoms with Gasteiger partial charge in [-0.25, -0.2) is 13.2 Å². The van der Waals surface area contributed by atoms with Gasteiger partial charge in [0.05, 0.1) is 48.2 Å². The van der Waals surface area contributed by atoms with Crippen LogP contribution < -0.4 is 19.7 Å². The van der Waals surface area contributed by atoms with Crippen LogP contribution in [0.25, 0.3) is 11.3 Å². The number of methoxy groups -OCH3 is 1. The lowest BCUT2D eigenvalue weighted by atomic mass is 9.98. The fourth-order valence-corrected chi connectivity index (χ4v) is 5.82. The highest BCUT2D eigenvalue weighted by Gasteiger charge is 2.30. The topological polar surface area (TPSA) is 117 Å². The third-order valence-corrected chi connectivity index (χ3v) is 8.19. The summed E-state index contributed by atoms with van der Waals surface area (Å²) in [5.74, 6) is -0.0565. The van der Waals surface area contributed by atoms with E-state index in [1.807, 2.05) is 37.2 Å². The minimum atomic E-state index is -3.49. The highest BCUT2D eigenvalue weighted by atomic mass is 32.2. The second-order valence-corrected chi connectivity index (χ2v) is 12.1. The van der Waals surface area contributed by atoms with Crippen molar-refractivity contribution in [3.05, 3.63) is 82.9 Å². The molecule has 0 spiro atoms. The molecule has 0 atom stereocenters. The molecule has 2 aliphatic rings. The Labute approximate surface area is 239 Å². The summed E-state index contributed by atoms with van der Waals surface area (Å²) >= 11 is 0. The minimum absolute atomic E-state index is 0.313. The molecular weight excluding hydrogens is 544 g/mol. The predicted molar refractivity (Wildman–Crippen MR) is 160 cm³/mol. The van der Waals surface area contributed by atoms with E-state index in [1.54, 1.807) is 42.5 Å². The maximum absolute atomic E-state index is 13.4. The molecule has 5 rings (SSSR count). The summed E-state index contributed by atoms with van der Waals surface area (Å²) in [5, 5.41) is 6.26. The van der Waals surface area contributed by atoms with Crippen LogP contribution in [0.4, 0.5) is 17.1 Å². The van der Waals surface area contributed by atoms with Crippen LogP contribution >= 0.6 is 0 Å². The maximum Gasteiger partial charge on any atom is 0.337 e. The molecule has 2 N–H and O–H groups in total. The molecule has 3 aromatic carbocycles.